The van der Waals surface area contributed by atoms with Gasteiger partial charge in [0.05, 0.1) is 35.3 Å². The number of carbonyl (C=O) groups excluding carboxylic acids is 2. The summed E-state index contributed by atoms with van der Waals surface area (Å²) in [4.78, 5) is 57.4. The number of aromatic hydroxyl groups is 1. The number of amides is 2. The first-order chi connectivity index (χ1) is 20.1. The number of nitrogens with zero attached hydrogens (tertiary/aromatic N) is 4. The van der Waals surface area contributed by atoms with Crippen molar-refractivity contribution in [3.8, 4) is 11.4 Å². The van der Waals surface area contributed by atoms with Gasteiger partial charge in [0, 0.05) is 5.92 Å². The van der Waals surface area contributed by atoms with Crippen LogP contribution in [0.1, 0.15) is 42.0 Å². The van der Waals surface area contributed by atoms with E-state index in [0.29, 0.717) is 22.5 Å². The number of allylic oxidation sites excluding steroid dienone is 2. The Balaban J connectivity index is 1.46. The summed E-state index contributed by atoms with van der Waals surface area (Å²) in [5.41, 5.74) is 1.79. The number of benzene rings is 3. The molecule has 1 saturated carbocycles. The summed E-state index contributed by atoms with van der Waals surface area (Å²) in [6, 6.07) is 20.8. The van der Waals surface area contributed by atoms with Crippen LogP contribution in [0, 0.1) is 25.2 Å². The molecule has 3 heterocycles. The van der Waals surface area contributed by atoms with Crippen molar-refractivity contribution in [1.29, 1.82) is 0 Å². The van der Waals surface area contributed by atoms with Gasteiger partial charge >= 0.3 is 11.4 Å². The van der Waals surface area contributed by atoms with Crippen LogP contribution < -0.4 is 16.3 Å². The Bertz CT molecular complexity index is 1910. The van der Waals surface area contributed by atoms with Gasteiger partial charge < -0.3 is 5.11 Å². The van der Waals surface area contributed by atoms with Crippen molar-refractivity contribution in [2.24, 2.45) is 11.3 Å². The number of aryl methyl sites for hydroxylation is 2. The lowest BCUT2D eigenvalue weighted by molar-refractivity contribution is -0.129. The molecule has 1 saturated heterocycles. The Hall–Kier alpha value is -4.92. The molecule has 2 fully saturated rings. The third kappa shape index (κ3) is 3.36. The smallest absolute Gasteiger partial charge is 0.352 e. The Morgan fingerprint density at radius 2 is 1.43 bits per heavy atom. The number of carbonyl (C=O) groups is 2. The maximum atomic E-state index is 14.4. The molecule has 1 aliphatic carbocycles. The minimum absolute atomic E-state index is 0.150. The minimum atomic E-state index is -1.15. The lowest BCUT2D eigenvalue weighted by atomic mass is 9.56. The van der Waals surface area contributed by atoms with Gasteiger partial charge in [-0.25, -0.2) is 28.4 Å². The van der Waals surface area contributed by atoms with Crippen LogP contribution in [0.5, 0.6) is 5.75 Å². The molecule has 2 amide bonds. The highest BCUT2D eigenvalue weighted by Gasteiger charge is 2.65. The lowest BCUT2D eigenvalue weighted by Gasteiger charge is -2.47. The van der Waals surface area contributed by atoms with Crippen molar-refractivity contribution < 1.29 is 14.7 Å². The van der Waals surface area contributed by atoms with E-state index in [9.17, 15) is 24.3 Å². The van der Waals surface area contributed by atoms with Crippen molar-refractivity contribution in [3.63, 3.8) is 0 Å². The second kappa shape index (κ2) is 9.04. The molecule has 42 heavy (non-hydrogen) atoms. The molecule has 2 aliphatic heterocycles. The van der Waals surface area contributed by atoms with Crippen LogP contribution in [0.15, 0.2) is 94.0 Å². The van der Waals surface area contributed by atoms with Gasteiger partial charge in [0.15, 0.2) is 0 Å². The Morgan fingerprint density at radius 3 is 2.05 bits per heavy atom. The van der Waals surface area contributed by atoms with E-state index in [0.717, 1.165) is 15.7 Å². The Kier molecular flexibility index (Phi) is 5.60. The van der Waals surface area contributed by atoms with Crippen molar-refractivity contribution in [2.75, 3.05) is 4.90 Å². The maximum Gasteiger partial charge on any atom is 0.352 e. The zero-order valence-electron chi connectivity index (χ0n) is 23.5. The number of rotatable bonds is 3. The molecule has 9 heteroatoms. The number of hydrogen-bond donors (Lipinski definition) is 1. The van der Waals surface area contributed by atoms with Crippen LogP contribution in [0.2, 0.25) is 0 Å². The molecule has 9 nitrogen and oxygen atoms in total. The molecule has 212 valence electrons. The maximum absolute atomic E-state index is 14.4. The highest BCUT2D eigenvalue weighted by molar-refractivity contribution is 6.24. The van der Waals surface area contributed by atoms with Gasteiger partial charge in [-0.3, -0.25) is 9.59 Å². The van der Waals surface area contributed by atoms with Gasteiger partial charge in [-0.05, 0) is 73.7 Å². The van der Waals surface area contributed by atoms with Gasteiger partial charge in [0.25, 0.3) is 0 Å². The molecule has 1 N–H and O–H groups in total. The van der Waals surface area contributed by atoms with E-state index in [2.05, 4.69) is 0 Å². The average molecular weight is 563 g/mol. The number of fused-ring (bicyclic) bond motifs is 4. The lowest BCUT2D eigenvalue weighted by Crippen LogP contribution is -2.49. The van der Waals surface area contributed by atoms with Crippen molar-refractivity contribution in [2.45, 2.75) is 45.7 Å². The number of anilines is 1. The summed E-state index contributed by atoms with van der Waals surface area (Å²) in [5.74, 6) is -1.76. The number of hydrogen-bond acceptors (Lipinski definition) is 5. The van der Waals surface area contributed by atoms with E-state index < -0.39 is 34.7 Å². The molecule has 3 aromatic carbocycles. The topological polar surface area (TPSA) is 107 Å². The van der Waals surface area contributed by atoms with Crippen molar-refractivity contribution in [3.05, 3.63) is 122 Å². The van der Waals surface area contributed by atoms with Crippen LogP contribution in [-0.2, 0) is 16.1 Å². The molecule has 1 aromatic heterocycles. The van der Waals surface area contributed by atoms with E-state index in [1.807, 2.05) is 37.3 Å². The summed E-state index contributed by atoms with van der Waals surface area (Å²) in [5, 5.41) is 10.6. The third-order valence-electron chi connectivity index (χ3n) is 9.41. The molecular weight excluding hydrogens is 532 g/mol. The van der Waals surface area contributed by atoms with Crippen LogP contribution in [-0.4, -0.2) is 30.9 Å². The van der Waals surface area contributed by atoms with Crippen LogP contribution in [0.25, 0.3) is 5.69 Å². The standard InChI is InChI=1S/C33H30N4O5/c1-19-16-21(17-20(2)28(19)38)27-24-14-15-34-31(41)36(23-12-8-5-9-13-23)32(42)37(34)26(24)18-25-29(39)35(30(40)33(25,27)3)22-10-6-4-7-11-22/h4-14,16-17,25-27,38H,15,18H2,1-3H3/t25-,26+,27-,33+/m0/s1. The zero-order chi connectivity index (χ0) is 29.5. The van der Waals surface area contributed by atoms with Crippen LogP contribution in [0.3, 0.4) is 0 Å². The van der Waals surface area contributed by atoms with E-state index in [4.69, 9.17) is 0 Å². The van der Waals surface area contributed by atoms with Gasteiger partial charge in [-0.15, -0.1) is 0 Å². The molecule has 0 radical (unpaired) electrons. The van der Waals surface area contributed by atoms with E-state index in [1.54, 1.807) is 62.4 Å². The molecule has 4 aromatic rings. The summed E-state index contributed by atoms with van der Waals surface area (Å²) >= 11 is 0. The monoisotopic (exact) mass is 562 g/mol. The highest BCUT2D eigenvalue weighted by atomic mass is 16.3. The summed E-state index contributed by atoms with van der Waals surface area (Å²) < 4.78 is 4.05. The van der Waals surface area contributed by atoms with E-state index in [-0.39, 0.29) is 30.5 Å². The summed E-state index contributed by atoms with van der Waals surface area (Å²) in [7, 11) is 0. The average Bonchev–Trinajstić information content (AvgIpc) is 3.36. The highest BCUT2D eigenvalue weighted by Crippen LogP contribution is 2.61. The molecule has 0 bridgehead atoms. The fraction of sp³-hybridized carbons (Fsp3) is 0.273. The first kappa shape index (κ1) is 26.0. The van der Waals surface area contributed by atoms with Gasteiger partial charge in [-0.1, -0.05) is 54.6 Å². The van der Waals surface area contributed by atoms with Crippen LogP contribution >= 0.6 is 0 Å². The number of imide groups is 1. The molecule has 3 aliphatic rings. The second-order valence-electron chi connectivity index (χ2n) is 11.7. The molecule has 4 atom stereocenters. The molecule has 7 rings (SSSR count). The summed E-state index contributed by atoms with van der Waals surface area (Å²) in [6.45, 7) is 5.61. The number of phenolic OH excluding ortho intramolecular Hbond substituents is 1. The van der Waals surface area contributed by atoms with Gasteiger partial charge in [-0.2, -0.15) is 0 Å². The zero-order valence-corrected chi connectivity index (χ0v) is 23.5. The summed E-state index contributed by atoms with van der Waals surface area (Å²) in [6.07, 6.45) is 2.13. The number of aromatic nitrogens is 3. The van der Waals surface area contributed by atoms with Gasteiger partial charge in [0.2, 0.25) is 11.8 Å². The normalized spacial score (nSPS) is 24.7. The first-order valence-corrected chi connectivity index (χ1v) is 14.1. The number of phenols is 1. The minimum Gasteiger partial charge on any atom is -0.507 e. The number of para-hydroxylation sites is 2. The Labute approximate surface area is 241 Å². The van der Waals surface area contributed by atoms with Crippen molar-refractivity contribution in [1.82, 2.24) is 13.9 Å². The molecule has 0 unspecified atom stereocenters. The second-order valence-corrected chi connectivity index (χ2v) is 11.7. The quantitative estimate of drug-likeness (QED) is 0.300. The van der Waals surface area contributed by atoms with E-state index >= 15 is 0 Å². The van der Waals surface area contributed by atoms with Crippen molar-refractivity contribution >= 4 is 17.5 Å². The molecular formula is C33H30N4O5. The predicted octanol–water partition coefficient (Wildman–Crippen LogP) is 3.99. The van der Waals surface area contributed by atoms with Crippen LogP contribution in [0.4, 0.5) is 5.69 Å². The fourth-order valence-corrected chi connectivity index (χ4v) is 7.43. The Morgan fingerprint density at radius 1 is 0.833 bits per heavy atom. The van der Waals surface area contributed by atoms with E-state index in [1.165, 1.54) is 14.3 Å². The molecule has 0 spiro atoms. The predicted molar refractivity (Wildman–Crippen MR) is 157 cm³/mol. The van der Waals surface area contributed by atoms with Gasteiger partial charge in [0.1, 0.15) is 5.75 Å². The SMILES string of the molecule is Cc1cc([C@H]2C3=CCn4c(=O)n(-c5ccccc5)c(=O)n4[C@@H]3C[C@H]3C(=O)N(c4ccccc4)C(=O)[C@@]23C)cc(C)c1O. The third-order valence-corrected chi connectivity index (χ3v) is 9.41. The first-order valence-electron chi connectivity index (χ1n) is 14.1. The largest absolute Gasteiger partial charge is 0.507 e. The fourth-order valence-electron chi connectivity index (χ4n) is 7.43.